The van der Waals surface area contributed by atoms with Crippen LogP contribution in [0.1, 0.15) is 60.7 Å². The van der Waals surface area contributed by atoms with E-state index >= 15 is 0 Å². The van der Waals surface area contributed by atoms with Crippen molar-refractivity contribution in [2.45, 2.75) is 57.7 Å². The number of rotatable bonds is 6. The zero-order valence-corrected chi connectivity index (χ0v) is 21.8. The fourth-order valence-corrected chi connectivity index (χ4v) is 4.67. The number of carbonyl (C=O) groups is 1. The van der Waals surface area contributed by atoms with Crippen LogP contribution in [0, 0.1) is 5.82 Å². The second-order valence-corrected chi connectivity index (χ2v) is 9.74. The predicted molar refractivity (Wildman–Crippen MR) is 131 cm³/mol. The lowest BCUT2D eigenvalue weighted by Gasteiger charge is -2.23. The van der Waals surface area contributed by atoms with Crippen molar-refractivity contribution in [2.24, 2.45) is 0 Å². The van der Waals surface area contributed by atoms with Crippen molar-refractivity contribution in [3.05, 3.63) is 82.4 Å². The van der Waals surface area contributed by atoms with Crippen molar-refractivity contribution in [1.82, 2.24) is 9.88 Å². The Labute approximate surface area is 225 Å². The maximum absolute atomic E-state index is 14.6. The van der Waals surface area contributed by atoms with E-state index in [2.05, 4.69) is 4.98 Å². The molecule has 0 unspecified atom stereocenters. The van der Waals surface area contributed by atoms with Crippen LogP contribution in [0.3, 0.4) is 0 Å². The topological polar surface area (TPSA) is 51.7 Å². The Morgan fingerprint density at radius 1 is 1.00 bits per heavy atom. The van der Waals surface area contributed by atoms with Crippen LogP contribution in [0.2, 0.25) is 0 Å². The number of alkyl halides is 6. The maximum Gasteiger partial charge on any atom is 0.416 e. The molecule has 5 nitrogen and oxygen atoms in total. The highest BCUT2D eigenvalue weighted by atomic mass is 19.4. The van der Waals surface area contributed by atoms with E-state index < -0.39 is 53.1 Å². The molecule has 2 heterocycles. The monoisotopic (exact) mass is 570 g/mol. The molecule has 0 radical (unpaired) electrons. The quantitative estimate of drug-likeness (QED) is 0.281. The van der Waals surface area contributed by atoms with Gasteiger partial charge in [0.2, 0.25) is 0 Å². The zero-order chi connectivity index (χ0) is 29.6. The summed E-state index contributed by atoms with van der Waals surface area (Å²) in [6, 6.07) is 6.36. The van der Waals surface area contributed by atoms with Gasteiger partial charge in [-0.15, -0.1) is 0 Å². The molecule has 0 aliphatic carbocycles. The van der Waals surface area contributed by atoms with Crippen LogP contribution >= 0.6 is 0 Å². The standard InChI is InChI=1S/C28H25F7N2O3/c1-14(2)20-11-21(24(39-4)12-22(20)29)19-6-5-7-36-23(19)13-37-15(3)25(40-26(37)38)16-8-17(27(30,31)32)10-18(9-16)28(33,34)35/h5-12,14-15,25H,13H2,1-4H3/t15-,25-/m0/s1. The molecular weight excluding hydrogens is 545 g/mol. The third-order valence-corrected chi connectivity index (χ3v) is 6.77. The summed E-state index contributed by atoms with van der Waals surface area (Å²) in [4.78, 5) is 18.4. The van der Waals surface area contributed by atoms with Crippen molar-refractivity contribution in [3.63, 3.8) is 0 Å². The van der Waals surface area contributed by atoms with Gasteiger partial charge in [-0.05, 0) is 54.3 Å². The Balaban J connectivity index is 1.72. The Kier molecular flexibility index (Phi) is 7.75. The average molecular weight is 571 g/mol. The van der Waals surface area contributed by atoms with Gasteiger partial charge in [-0.2, -0.15) is 26.3 Å². The smallest absolute Gasteiger partial charge is 0.416 e. The van der Waals surface area contributed by atoms with Gasteiger partial charge >= 0.3 is 18.4 Å². The molecule has 1 fully saturated rings. The molecule has 1 aromatic heterocycles. The minimum atomic E-state index is -5.05. The lowest BCUT2D eigenvalue weighted by Crippen LogP contribution is -2.32. The average Bonchev–Trinajstić information content (AvgIpc) is 3.15. The summed E-state index contributed by atoms with van der Waals surface area (Å²) in [6.07, 6.45) is -11.0. The normalized spacial score (nSPS) is 17.9. The number of amides is 1. The molecule has 2 atom stereocenters. The zero-order valence-electron chi connectivity index (χ0n) is 21.8. The highest BCUT2D eigenvalue weighted by Crippen LogP contribution is 2.42. The number of cyclic esters (lactones) is 1. The van der Waals surface area contributed by atoms with Gasteiger partial charge in [0.1, 0.15) is 17.7 Å². The maximum atomic E-state index is 14.6. The van der Waals surface area contributed by atoms with E-state index in [0.29, 0.717) is 34.5 Å². The number of nitrogens with zero attached hydrogens (tertiary/aromatic N) is 2. The van der Waals surface area contributed by atoms with Gasteiger partial charge in [-0.1, -0.05) is 19.9 Å². The van der Waals surface area contributed by atoms with Crippen LogP contribution < -0.4 is 4.74 Å². The molecule has 12 heteroatoms. The second kappa shape index (κ2) is 10.6. The highest BCUT2D eigenvalue weighted by molar-refractivity contribution is 5.75. The Morgan fingerprint density at radius 2 is 1.62 bits per heavy atom. The molecular formula is C28H25F7N2O3. The fraction of sp³-hybridized carbons (Fsp3) is 0.357. The van der Waals surface area contributed by atoms with E-state index in [4.69, 9.17) is 9.47 Å². The minimum absolute atomic E-state index is 0.0182. The minimum Gasteiger partial charge on any atom is -0.496 e. The molecule has 1 aliphatic heterocycles. The summed E-state index contributed by atoms with van der Waals surface area (Å²) in [5, 5.41) is 0. The number of methoxy groups -OCH3 is 1. The van der Waals surface area contributed by atoms with Crippen LogP contribution in [-0.4, -0.2) is 29.1 Å². The third-order valence-electron chi connectivity index (χ3n) is 6.77. The SMILES string of the molecule is COc1cc(F)c(C(C)C)cc1-c1cccnc1CN1C(=O)O[C@H](c2cc(C(F)(F)F)cc(C(F)(F)F)c2)[C@@H]1C. The largest absolute Gasteiger partial charge is 0.496 e. The number of hydrogen-bond donors (Lipinski definition) is 0. The predicted octanol–water partition coefficient (Wildman–Crippen LogP) is 8.14. The van der Waals surface area contributed by atoms with E-state index in [1.54, 1.807) is 18.2 Å². The van der Waals surface area contributed by atoms with Gasteiger partial charge < -0.3 is 9.47 Å². The van der Waals surface area contributed by atoms with Crippen LogP contribution in [0.4, 0.5) is 35.5 Å². The molecule has 1 aliphatic rings. The Hall–Kier alpha value is -3.83. The molecule has 40 heavy (non-hydrogen) atoms. The number of ether oxygens (including phenoxy) is 2. The molecule has 1 amide bonds. The summed E-state index contributed by atoms with van der Waals surface area (Å²) in [5.74, 6) is -0.400. The van der Waals surface area contributed by atoms with Crippen molar-refractivity contribution >= 4 is 6.09 Å². The third kappa shape index (κ3) is 5.71. The van der Waals surface area contributed by atoms with Crippen molar-refractivity contribution in [2.75, 3.05) is 7.11 Å². The number of hydrogen-bond acceptors (Lipinski definition) is 4. The number of pyridine rings is 1. The first-order chi connectivity index (χ1) is 18.6. The summed E-state index contributed by atoms with van der Waals surface area (Å²) in [5.41, 5.74) is -1.68. The van der Waals surface area contributed by atoms with Gasteiger partial charge in [-0.3, -0.25) is 9.88 Å². The lowest BCUT2D eigenvalue weighted by atomic mass is 9.94. The fourth-order valence-electron chi connectivity index (χ4n) is 4.67. The van der Waals surface area contributed by atoms with Gasteiger partial charge in [0, 0.05) is 23.4 Å². The second-order valence-electron chi connectivity index (χ2n) is 9.74. The summed E-state index contributed by atoms with van der Waals surface area (Å²) < 4.78 is 106. The van der Waals surface area contributed by atoms with E-state index in [0.717, 1.165) is 0 Å². The summed E-state index contributed by atoms with van der Waals surface area (Å²) in [7, 11) is 1.37. The molecule has 2 aromatic carbocycles. The van der Waals surface area contributed by atoms with Gasteiger partial charge in [-0.25, -0.2) is 9.18 Å². The molecule has 214 valence electrons. The molecule has 4 rings (SSSR count). The Bertz CT molecular complexity index is 1390. The van der Waals surface area contributed by atoms with E-state index in [9.17, 15) is 35.5 Å². The summed E-state index contributed by atoms with van der Waals surface area (Å²) in [6.45, 7) is 4.91. The van der Waals surface area contributed by atoms with E-state index in [-0.39, 0.29) is 24.3 Å². The number of carbonyl (C=O) groups excluding carboxylic acids is 1. The van der Waals surface area contributed by atoms with Crippen LogP contribution in [-0.2, 0) is 23.6 Å². The van der Waals surface area contributed by atoms with Crippen molar-refractivity contribution in [3.8, 4) is 16.9 Å². The molecule has 0 N–H and O–H groups in total. The Morgan fingerprint density at radius 3 is 2.17 bits per heavy atom. The number of benzene rings is 2. The van der Waals surface area contributed by atoms with E-state index in [1.807, 2.05) is 13.8 Å². The molecule has 3 aromatic rings. The first kappa shape index (κ1) is 29.2. The van der Waals surface area contributed by atoms with Crippen LogP contribution in [0.25, 0.3) is 11.1 Å². The molecule has 0 saturated carbocycles. The lowest BCUT2D eigenvalue weighted by molar-refractivity contribution is -0.143. The molecule has 1 saturated heterocycles. The van der Waals surface area contributed by atoms with Gasteiger partial charge in [0.05, 0.1) is 36.5 Å². The van der Waals surface area contributed by atoms with Crippen molar-refractivity contribution in [1.29, 1.82) is 0 Å². The molecule has 0 spiro atoms. The van der Waals surface area contributed by atoms with Crippen molar-refractivity contribution < 1.29 is 45.0 Å². The number of aromatic nitrogens is 1. The van der Waals surface area contributed by atoms with Crippen LogP contribution in [0.5, 0.6) is 5.75 Å². The first-order valence-electron chi connectivity index (χ1n) is 12.2. The highest BCUT2D eigenvalue weighted by Gasteiger charge is 2.43. The summed E-state index contributed by atoms with van der Waals surface area (Å²) >= 11 is 0. The van der Waals surface area contributed by atoms with E-state index in [1.165, 1.54) is 31.2 Å². The first-order valence-corrected chi connectivity index (χ1v) is 12.2. The number of halogens is 7. The molecule has 0 bridgehead atoms. The van der Waals surface area contributed by atoms with Crippen LogP contribution in [0.15, 0.2) is 48.7 Å². The van der Waals surface area contributed by atoms with Gasteiger partial charge in [0.25, 0.3) is 0 Å². The van der Waals surface area contributed by atoms with Gasteiger partial charge in [0.15, 0.2) is 0 Å².